The van der Waals surface area contributed by atoms with Gasteiger partial charge in [-0.15, -0.1) is 0 Å². The van der Waals surface area contributed by atoms with Crippen LogP contribution in [0.25, 0.3) is 10.8 Å². The van der Waals surface area contributed by atoms with E-state index in [2.05, 4.69) is 60.3 Å². The van der Waals surface area contributed by atoms with Crippen molar-refractivity contribution in [1.82, 2.24) is 9.88 Å². The number of fused-ring (bicyclic) bond motifs is 5. The number of benzene rings is 1. The third-order valence-corrected chi connectivity index (χ3v) is 10.6. The molecule has 0 bridgehead atoms. The van der Waals surface area contributed by atoms with Crippen molar-refractivity contribution in [2.75, 3.05) is 27.3 Å². The highest BCUT2D eigenvalue weighted by molar-refractivity contribution is 5.82. The van der Waals surface area contributed by atoms with Gasteiger partial charge < -0.3 is 14.7 Å². The zero-order valence-electron chi connectivity index (χ0n) is 22.2. The third-order valence-electron chi connectivity index (χ3n) is 10.6. The minimum atomic E-state index is -0.693. The number of hydrogen-bond acceptors (Lipinski definition) is 4. The van der Waals surface area contributed by atoms with Gasteiger partial charge >= 0.3 is 0 Å². The lowest BCUT2D eigenvalue weighted by atomic mass is 9.58. The predicted octanol–water partition coefficient (Wildman–Crippen LogP) is 6.26. The van der Waals surface area contributed by atoms with Gasteiger partial charge in [-0.25, -0.2) is 0 Å². The number of likely N-dealkylation sites (N-methyl/N-ethyl adjacent to an activating group) is 1. The molecule has 6 rings (SSSR count). The normalized spacial score (nSPS) is 36.0. The van der Waals surface area contributed by atoms with Crippen LogP contribution in [-0.4, -0.2) is 53.9 Å². The van der Waals surface area contributed by atoms with E-state index in [1.807, 2.05) is 12.4 Å². The molecule has 0 spiro atoms. The standard InChI is InChI=1S/C32H42N2O2/c1-31-13-11-27-19-23-6-7-28(34(2)16-17-36-3)20-24(23)10-14-32(27,35)30(31)9-8-29(31)25-5-4-22-12-15-33-21-26(22)18-25/h4-5,11-12,15,18-19,21,24,28-30,35H,6-10,13-14,16-17,20H2,1-3H3/t24?,28?,29?,30?,31?,32-/m1/s1. The number of rotatable bonds is 5. The van der Waals surface area contributed by atoms with E-state index in [1.54, 1.807) is 12.7 Å². The molecule has 4 aliphatic rings. The van der Waals surface area contributed by atoms with Crippen molar-refractivity contribution in [2.24, 2.45) is 17.3 Å². The topological polar surface area (TPSA) is 45.6 Å². The summed E-state index contributed by atoms with van der Waals surface area (Å²) in [4.78, 5) is 6.85. The van der Waals surface area contributed by atoms with E-state index in [9.17, 15) is 5.11 Å². The predicted molar refractivity (Wildman–Crippen MR) is 146 cm³/mol. The number of allylic oxidation sites excluding steroid dienone is 2. The zero-order valence-corrected chi connectivity index (χ0v) is 22.2. The van der Waals surface area contributed by atoms with Crippen LogP contribution in [0.1, 0.15) is 69.8 Å². The molecule has 4 aliphatic carbocycles. The van der Waals surface area contributed by atoms with Gasteiger partial charge in [0.15, 0.2) is 0 Å². The van der Waals surface area contributed by atoms with Gasteiger partial charge in [-0.3, -0.25) is 4.98 Å². The second-order valence-electron chi connectivity index (χ2n) is 12.3. The van der Waals surface area contributed by atoms with E-state index in [1.165, 1.54) is 34.8 Å². The fraction of sp³-hybridized carbons (Fsp3) is 0.594. The van der Waals surface area contributed by atoms with Crippen molar-refractivity contribution in [3.8, 4) is 0 Å². The molecule has 2 fully saturated rings. The number of pyridine rings is 1. The van der Waals surface area contributed by atoms with E-state index >= 15 is 0 Å². The Labute approximate surface area is 216 Å². The molecule has 2 aromatic rings. The van der Waals surface area contributed by atoms with Crippen LogP contribution in [0.2, 0.25) is 0 Å². The molecule has 4 heteroatoms. The van der Waals surface area contributed by atoms with Crippen LogP contribution < -0.4 is 0 Å². The summed E-state index contributed by atoms with van der Waals surface area (Å²) in [6.07, 6.45) is 17.6. The molecule has 1 heterocycles. The van der Waals surface area contributed by atoms with Crippen molar-refractivity contribution >= 4 is 10.8 Å². The molecular weight excluding hydrogens is 444 g/mol. The SMILES string of the molecule is COCCN(C)C1CCC2=CC3=CCC4(C)C(c5ccc6ccncc6c5)CCC4[C@@]3(O)CCC2C1. The van der Waals surface area contributed by atoms with Crippen LogP contribution in [0.15, 0.2) is 60.0 Å². The van der Waals surface area contributed by atoms with Gasteiger partial charge in [-0.2, -0.15) is 0 Å². The molecular formula is C32H42N2O2. The summed E-state index contributed by atoms with van der Waals surface area (Å²) in [6.45, 7) is 4.25. The van der Waals surface area contributed by atoms with Gasteiger partial charge in [0.2, 0.25) is 0 Å². The van der Waals surface area contributed by atoms with Crippen LogP contribution in [-0.2, 0) is 4.74 Å². The first kappa shape index (κ1) is 24.3. The Morgan fingerprint density at radius 2 is 2.03 bits per heavy atom. The third kappa shape index (κ3) is 3.97. The number of methoxy groups -OCH3 is 1. The van der Waals surface area contributed by atoms with E-state index < -0.39 is 5.60 Å². The van der Waals surface area contributed by atoms with Crippen molar-refractivity contribution in [2.45, 2.75) is 75.9 Å². The van der Waals surface area contributed by atoms with Crippen LogP contribution in [0.5, 0.6) is 0 Å². The maximum Gasteiger partial charge on any atom is 0.0927 e. The Bertz CT molecular complexity index is 1190. The average Bonchev–Trinajstić information content (AvgIpc) is 3.18. The van der Waals surface area contributed by atoms with Gasteiger partial charge in [-0.05, 0) is 110 Å². The van der Waals surface area contributed by atoms with Crippen LogP contribution in [0.3, 0.4) is 0 Å². The summed E-state index contributed by atoms with van der Waals surface area (Å²) >= 11 is 0. The number of aliphatic hydroxyl groups is 1. The maximum atomic E-state index is 12.4. The van der Waals surface area contributed by atoms with Gasteiger partial charge in [-0.1, -0.05) is 36.8 Å². The summed E-state index contributed by atoms with van der Waals surface area (Å²) in [6, 6.07) is 9.65. The molecule has 0 saturated heterocycles. The molecule has 0 amide bonds. The first-order valence-electron chi connectivity index (χ1n) is 14.1. The smallest absolute Gasteiger partial charge is 0.0927 e. The minimum absolute atomic E-state index is 0.0884. The minimum Gasteiger partial charge on any atom is -0.385 e. The molecule has 36 heavy (non-hydrogen) atoms. The molecule has 0 aliphatic heterocycles. The molecule has 5 unspecified atom stereocenters. The Balaban J connectivity index is 1.25. The van der Waals surface area contributed by atoms with Crippen LogP contribution in [0, 0.1) is 17.3 Å². The number of hydrogen-bond donors (Lipinski definition) is 1. The lowest BCUT2D eigenvalue weighted by molar-refractivity contribution is -0.0475. The van der Waals surface area contributed by atoms with E-state index in [0.717, 1.165) is 51.7 Å². The number of ether oxygens (including phenoxy) is 1. The summed E-state index contributed by atoms with van der Waals surface area (Å²) in [7, 11) is 4.04. The van der Waals surface area contributed by atoms with Crippen molar-refractivity contribution < 1.29 is 9.84 Å². The van der Waals surface area contributed by atoms with Crippen molar-refractivity contribution in [1.29, 1.82) is 0 Å². The molecule has 6 atom stereocenters. The van der Waals surface area contributed by atoms with Gasteiger partial charge in [0.25, 0.3) is 0 Å². The Kier molecular flexibility index (Phi) is 6.34. The second-order valence-corrected chi connectivity index (χ2v) is 12.3. The monoisotopic (exact) mass is 486 g/mol. The number of nitrogens with zero attached hydrogens (tertiary/aromatic N) is 2. The highest BCUT2D eigenvalue weighted by atomic mass is 16.5. The maximum absolute atomic E-state index is 12.4. The van der Waals surface area contributed by atoms with E-state index in [4.69, 9.17) is 4.74 Å². The zero-order chi connectivity index (χ0) is 24.9. The molecule has 4 nitrogen and oxygen atoms in total. The van der Waals surface area contributed by atoms with Crippen molar-refractivity contribution in [3.63, 3.8) is 0 Å². The van der Waals surface area contributed by atoms with Gasteiger partial charge in [0.05, 0.1) is 12.2 Å². The summed E-state index contributed by atoms with van der Waals surface area (Å²) in [5.41, 5.74) is 3.64. The second kappa shape index (κ2) is 9.38. The fourth-order valence-corrected chi connectivity index (χ4v) is 8.42. The van der Waals surface area contributed by atoms with Crippen molar-refractivity contribution in [3.05, 3.63) is 65.5 Å². The lowest BCUT2D eigenvalue weighted by Gasteiger charge is -2.49. The molecule has 1 aromatic heterocycles. The first-order valence-corrected chi connectivity index (χ1v) is 14.1. The van der Waals surface area contributed by atoms with E-state index in [0.29, 0.717) is 23.8 Å². The Morgan fingerprint density at radius 3 is 2.89 bits per heavy atom. The molecule has 192 valence electrons. The molecule has 2 saturated carbocycles. The molecule has 0 radical (unpaired) electrons. The molecule has 1 N–H and O–H groups in total. The first-order chi connectivity index (χ1) is 17.4. The highest BCUT2D eigenvalue weighted by Crippen LogP contribution is 2.64. The van der Waals surface area contributed by atoms with Crippen LogP contribution >= 0.6 is 0 Å². The summed E-state index contributed by atoms with van der Waals surface area (Å²) in [5.74, 6) is 1.39. The summed E-state index contributed by atoms with van der Waals surface area (Å²) in [5, 5.41) is 14.9. The quantitative estimate of drug-likeness (QED) is 0.542. The number of aromatic nitrogens is 1. The lowest BCUT2D eigenvalue weighted by Crippen LogP contribution is -2.49. The Morgan fingerprint density at radius 1 is 1.14 bits per heavy atom. The highest BCUT2D eigenvalue weighted by Gasteiger charge is 2.58. The Hall–Kier alpha value is -2.01. The van der Waals surface area contributed by atoms with Crippen LogP contribution in [0.4, 0.5) is 0 Å². The molecule has 1 aromatic carbocycles. The largest absolute Gasteiger partial charge is 0.385 e. The van der Waals surface area contributed by atoms with Gasteiger partial charge in [0.1, 0.15) is 0 Å². The van der Waals surface area contributed by atoms with Gasteiger partial charge in [0, 0.05) is 37.5 Å². The summed E-state index contributed by atoms with van der Waals surface area (Å²) < 4.78 is 5.32. The van der Waals surface area contributed by atoms with E-state index in [-0.39, 0.29) is 5.41 Å². The fourth-order valence-electron chi connectivity index (χ4n) is 8.42. The average molecular weight is 487 g/mol.